The van der Waals surface area contributed by atoms with Crippen molar-refractivity contribution in [2.75, 3.05) is 13.1 Å². The van der Waals surface area contributed by atoms with Crippen molar-refractivity contribution in [2.24, 2.45) is 0 Å². The summed E-state index contributed by atoms with van der Waals surface area (Å²) < 4.78 is 27.8. The van der Waals surface area contributed by atoms with Crippen molar-refractivity contribution >= 4 is 6.09 Å². The van der Waals surface area contributed by atoms with Gasteiger partial charge in [-0.05, 0) is 12.8 Å². The Hall–Kier alpha value is -0.910. The van der Waals surface area contributed by atoms with Crippen LogP contribution in [0.15, 0.2) is 0 Å². The van der Waals surface area contributed by atoms with Crippen LogP contribution < -0.4 is 0 Å². The summed E-state index contributed by atoms with van der Waals surface area (Å²) in [5, 5.41) is 8.57. The molecule has 1 heterocycles. The smallest absolute Gasteiger partial charge is 0.407 e. The molecule has 4 nitrogen and oxygen atoms in total. The minimum atomic E-state index is -2.82. The van der Waals surface area contributed by atoms with Gasteiger partial charge in [-0.2, -0.15) is 8.78 Å². The maximum absolute atomic E-state index is 11.8. The molecule has 1 amide bonds. The molecule has 76 valence electrons. The number of ether oxygens (including phenoxy) is 1. The summed E-state index contributed by atoms with van der Waals surface area (Å²) in [6, 6.07) is 0. The number of rotatable bonds is 2. The molecule has 0 aliphatic carbocycles. The summed E-state index contributed by atoms with van der Waals surface area (Å²) in [5.74, 6) is 0. The summed E-state index contributed by atoms with van der Waals surface area (Å²) in [7, 11) is 0. The molecule has 0 saturated carbocycles. The molecule has 1 atom stereocenters. The number of carbonyl (C=O) groups is 1. The van der Waals surface area contributed by atoms with Crippen molar-refractivity contribution in [2.45, 2.75) is 25.6 Å². The third-order valence-corrected chi connectivity index (χ3v) is 1.94. The average Bonchev–Trinajstić information content (AvgIpc) is 2.03. The van der Waals surface area contributed by atoms with E-state index in [4.69, 9.17) is 5.11 Å². The van der Waals surface area contributed by atoms with Crippen LogP contribution >= 0.6 is 0 Å². The topological polar surface area (TPSA) is 49.8 Å². The van der Waals surface area contributed by atoms with Crippen LogP contribution in [-0.4, -0.2) is 41.9 Å². The van der Waals surface area contributed by atoms with Gasteiger partial charge in [0.15, 0.2) is 0 Å². The van der Waals surface area contributed by atoms with Gasteiger partial charge in [-0.25, -0.2) is 4.79 Å². The predicted octanol–water partition coefficient (Wildman–Crippen LogP) is 1.37. The van der Waals surface area contributed by atoms with Gasteiger partial charge >= 0.3 is 12.7 Å². The molecule has 0 aromatic carbocycles. The lowest BCUT2D eigenvalue weighted by Gasteiger charge is -2.30. The fourth-order valence-electron chi connectivity index (χ4n) is 1.37. The van der Waals surface area contributed by atoms with E-state index in [-0.39, 0.29) is 6.54 Å². The van der Waals surface area contributed by atoms with Crippen LogP contribution in [0.1, 0.15) is 12.8 Å². The average molecular weight is 195 g/mol. The molecule has 0 radical (unpaired) electrons. The molecular formula is C7H11F2NO3. The second-order valence-electron chi connectivity index (χ2n) is 2.89. The van der Waals surface area contributed by atoms with E-state index < -0.39 is 18.8 Å². The van der Waals surface area contributed by atoms with Crippen molar-refractivity contribution < 1.29 is 23.4 Å². The Kier molecular flexibility index (Phi) is 3.41. The SMILES string of the molecule is O=C(O)N1CCC[C@H](OC(F)F)C1. The summed E-state index contributed by atoms with van der Waals surface area (Å²) in [6.45, 7) is -2.38. The number of halogens is 2. The van der Waals surface area contributed by atoms with Gasteiger partial charge in [-0.15, -0.1) is 0 Å². The van der Waals surface area contributed by atoms with Crippen molar-refractivity contribution in [1.82, 2.24) is 4.90 Å². The Balaban J connectivity index is 2.37. The van der Waals surface area contributed by atoms with Gasteiger partial charge in [0.05, 0.1) is 12.6 Å². The highest BCUT2D eigenvalue weighted by molar-refractivity contribution is 5.65. The Morgan fingerprint density at radius 2 is 2.31 bits per heavy atom. The molecule has 1 N–H and O–H groups in total. The molecule has 1 saturated heterocycles. The number of piperidine rings is 1. The maximum Gasteiger partial charge on any atom is 0.407 e. The Labute approximate surface area is 74.1 Å². The first kappa shape index (κ1) is 10.2. The fraction of sp³-hybridized carbons (Fsp3) is 0.857. The molecule has 0 spiro atoms. The van der Waals surface area contributed by atoms with E-state index >= 15 is 0 Å². The highest BCUT2D eigenvalue weighted by Crippen LogP contribution is 2.15. The van der Waals surface area contributed by atoms with Crippen LogP contribution in [0.2, 0.25) is 0 Å². The van der Waals surface area contributed by atoms with Gasteiger partial charge in [0, 0.05) is 6.54 Å². The first-order valence-electron chi connectivity index (χ1n) is 4.01. The fourth-order valence-corrected chi connectivity index (χ4v) is 1.37. The zero-order valence-corrected chi connectivity index (χ0v) is 6.95. The van der Waals surface area contributed by atoms with Gasteiger partial charge in [-0.1, -0.05) is 0 Å². The minimum Gasteiger partial charge on any atom is -0.465 e. The van der Waals surface area contributed by atoms with Gasteiger partial charge in [0.25, 0.3) is 0 Å². The van der Waals surface area contributed by atoms with Crippen LogP contribution in [0.3, 0.4) is 0 Å². The van der Waals surface area contributed by atoms with Gasteiger partial charge < -0.3 is 14.7 Å². The van der Waals surface area contributed by atoms with Crippen molar-refractivity contribution in [3.05, 3.63) is 0 Å². The molecule has 0 aromatic heterocycles. The molecular weight excluding hydrogens is 184 g/mol. The first-order valence-corrected chi connectivity index (χ1v) is 4.01. The number of amides is 1. The van der Waals surface area contributed by atoms with Crippen molar-refractivity contribution in [3.63, 3.8) is 0 Å². The summed E-state index contributed by atoms with van der Waals surface area (Å²) >= 11 is 0. The molecule has 13 heavy (non-hydrogen) atoms. The standard InChI is InChI=1S/C7H11F2NO3/c8-6(9)13-5-2-1-3-10(4-5)7(11)12/h5-6H,1-4H2,(H,11,12)/t5-/m0/s1. The summed E-state index contributed by atoms with van der Waals surface area (Å²) in [4.78, 5) is 11.6. The zero-order valence-electron chi connectivity index (χ0n) is 6.95. The summed E-state index contributed by atoms with van der Waals surface area (Å²) in [5.41, 5.74) is 0. The van der Waals surface area contributed by atoms with E-state index in [1.54, 1.807) is 0 Å². The Morgan fingerprint density at radius 1 is 1.62 bits per heavy atom. The Bertz CT molecular complexity index is 189. The van der Waals surface area contributed by atoms with Gasteiger partial charge in [-0.3, -0.25) is 0 Å². The third-order valence-electron chi connectivity index (χ3n) is 1.94. The maximum atomic E-state index is 11.8. The lowest BCUT2D eigenvalue weighted by molar-refractivity contribution is -0.172. The van der Waals surface area contributed by atoms with Gasteiger partial charge in [0.2, 0.25) is 0 Å². The molecule has 6 heteroatoms. The number of hydrogen-bond acceptors (Lipinski definition) is 2. The second-order valence-corrected chi connectivity index (χ2v) is 2.89. The molecule has 1 fully saturated rings. The first-order chi connectivity index (χ1) is 6.09. The van der Waals surface area contributed by atoms with Gasteiger partial charge in [0.1, 0.15) is 0 Å². The molecule has 1 aliphatic heterocycles. The lowest BCUT2D eigenvalue weighted by Crippen LogP contribution is -2.43. The van der Waals surface area contributed by atoms with Crippen LogP contribution in [-0.2, 0) is 4.74 Å². The van der Waals surface area contributed by atoms with Crippen molar-refractivity contribution in [3.8, 4) is 0 Å². The van der Waals surface area contributed by atoms with Crippen LogP contribution in [0.25, 0.3) is 0 Å². The van der Waals surface area contributed by atoms with E-state index in [0.717, 1.165) is 4.90 Å². The van der Waals surface area contributed by atoms with Crippen LogP contribution in [0.4, 0.5) is 13.6 Å². The Morgan fingerprint density at radius 3 is 2.85 bits per heavy atom. The molecule has 0 aromatic rings. The zero-order chi connectivity index (χ0) is 9.84. The highest BCUT2D eigenvalue weighted by Gasteiger charge is 2.25. The number of nitrogens with zero attached hydrogens (tertiary/aromatic N) is 1. The lowest BCUT2D eigenvalue weighted by atomic mass is 10.1. The quantitative estimate of drug-likeness (QED) is 0.723. The van der Waals surface area contributed by atoms with Crippen LogP contribution in [0, 0.1) is 0 Å². The normalized spacial score (nSPS) is 23.6. The van der Waals surface area contributed by atoms with E-state index in [2.05, 4.69) is 4.74 Å². The number of alkyl halides is 2. The minimum absolute atomic E-state index is 0.0413. The largest absolute Gasteiger partial charge is 0.465 e. The highest BCUT2D eigenvalue weighted by atomic mass is 19.3. The van der Waals surface area contributed by atoms with E-state index in [1.165, 1.54) is 0 Å². The second kappa shape index (κ2) is 4.36. The number of likely N-dealkylation sites (tertiary alicyclic amines) is 1. The molecule has 0 unspecified atom stereocenters. The number of carboxylic acid groups (broad SMARTS) is 1. The summed E-state index contributed by atoms with van der Waals surface area (Å²) in [6.07, 6.45) is -0.676. The monoisotopic (exact) mass is 195 g/mol. The molecule has 0 bridgehead atoms. The van der Waals surface area contributed by atoms with E-state index in [0.29, 0.717) is 19.4 Å². The number of hydrogen-bond donors (Lipinski definition) is 1. The molecule has 1 aliphatic rings. The van der Waals surface area contributed by atoms with E-state index in [1.807, 2.05) is 0 Å². The third kappa shape index (κ3) is 3.14. The van der Waals surface area contributed by atoms with E-state index in [9.17, 15) is 13.6 Å². The molecule has 1 rings (SSSR count). The predicted molar refractivity (Wildman–Crippen MR) is 39.7 cm³/mol. The van der Waals surface area contributed by atoms with Crippen LogP contribution in [0.5, 0.6) is 0 Å². The van der Waals surface area contributed by atoms with Crippen molar-refractivity contribution in [1.29, 1.82) is 0 Å².